The van der Waals surface area contributed by atoms with E-state index in [1.165, 1.54) is 57.6 Å². The first kappa shape index (κ1) is 19.0. The third-order valence-electron chi connectivity index (χ3n) is 7.21. The molecule has 0 bridgehead atoms. The molecule has 1 aliphatic heterocycles. The number of aryl methyl sites for hydroxylation is 1. The van der Waals surface area contributed by atoms with Crippen LogP contribution < -0.4 is 20.7 Å². The van der Waals surface area contributed by atoms with E-state index in [1.807, 2.05) is 11.3 Å². The first-order valence-electron chi connectivity index (χ1n) is 11.4. The van der Waals surface area contributed by atoms with E-state index in [0.717, 1.165) is 0 Å². The molecule has 0 nitrogen and oxygen atoms in total. The number of thiophene rings is 1. The fourth-order valence-electron chi connectivity index (χ4n) is 5.82. The summed E-state index contributed by atoms with van der Waals surface area (Å²) in [5.74, 6) is 0. The highest BCUT2D eigenvalue weighted by molar-refractivity contribution is 7.26. The zero-order valence-electron chi connectivity index (χ0n) is 18.4. The average Bonchev–Trinajstić information content (AvgIpc) is 3.36. The van der Waals surface area contributed by atoms with Crippen LogP contribution in [0.2, 0.25) is 0 Å². The molecule has 0 saturated carbocycles. The van der Waals surface area contributed by atoms with Gasteiger partial charge in [-0.2, -0.15) is 0 Å². The Morgan fingerprint density at radius 3 is 1.88 bits per heavy atom. The standard InChI is InChI=1S/C31H22SSi/c1-21-16-17-24-26-20-31-27(19-29(26)32-28(24)18-21)25-14-8-9-15-30(25)33(31,22-10-4-2-5-11-22)23-12-6-3-7-13-23/h2-20H,1H3. The molecule has 0 spiro atoms. The Hall–Kier alpha value is -3.46. The summed E-state index contributed by atoms with van der Waals surface area (Å²) in [5, 5.41) is 8.71. The predicted octanol–water partition coefficient (Wildman–Crippen LogP) is 5.72. The largest absolute Gasteiger partial charge is 0.180 e. The molecule has 1 aliphatic rings. The maximum absolute atomic E-state index is 2.55. The highest BCUT2D eigenvalue weighted by Gasteiger charge is 2.48. The van der Waals surface area contributed by atoms with Crippen LogP contribution in [0.4, 0.5) is 0 Å². The molecule has 0 fully saturated rings. The minimum Gasteiger partial charge on any atom is -0.135 e. The lowest BCUT2D eigenvalue weighted by molar-refractivity contribution is 1.52. The van der Waals surface area contributed by atoms with E-state index < -0.39 is 8.07 Å². The van der Waals surface area contributed by atoms with E-state index >= 15 is 0 Å². The van der Waals surface area contributed by atoms with E-state index in [1.54, 1.807) is 0 Å². The summed E-state index contributed by atoms with van der Waals surface area (Å²) in [7, 11) is -2.41. The van der Waals surface area contributed by atoms with Crippen LogP contribution in [0.5, 0.6) is 0 Å². The van der Waals surface area contributed by atoms with Crippen LogP contribution >= 0.6 is 11.3 Å². The van der Waals surface area contributed by atoms with Crippen LogP contribution in [0.3, 0.4) is 0 Å². The van der Waals surface area contributed by atoms with Crippen LogP contribution in [-0.4, -0.2) is 8.07 Å². The second kappa shape index (κ2) is 7.02. The lowest BCUT2D eigenvalue weighted by atomic mass is 10.0. The van der Waals surface area contributed by atoms with Gasteiger partial charge in [-0.05, 0) is 56.5 Å². The lowest BCUT2D eigenvalue weighted by Gasteiger charge is -2.31. The summed E-state index contributed by atoms with van der Waals surface area (Å²) < 4.78 is 2.77. The molecule has 1 aromatic heterocycles. The molecular weight excluding hydrogens is 432 g/mol. The first-order chi connectivity index (χ1) is 16.3. The Kier molecular flexibility index (Phi) is 4.05. The fourth-order valence-corrected chi connectivity index (χ4v) is 12.2. The minimum atomic E-state index is -2.41. The molecule has 0 atom stereocenters. The summed E-state index contributed by atoms with van der Waals surface area (Å²) in [4.78, 5) is 0. The Morgan fingerprint density at radius 2 is 1.15 bits per heavy atom. The highest BCUT2D eigenvalue weighted by Crippen LogP contribution is 2.38. The van der Waals surface area contributed by atoms with Gasteiger partial charge in [0.05, 0.1) is 0 Å². The quantitative estimate of drug-likeness (QED) is 0.293. The molecule has 0 saturated heterocycles. The van der Waals surface area contributed by atoms with Crippen molar-refractivity contribution in [3.63, 3.8) is 0 Å². The number of fused-ring (bicyclic) bond motifs is 6. The zero-order valence-corrected chi connectivity index (χ0v) is 20.2. The van der Waals surface area contributed by atoms with Crippen LogP contribution in [0.25, 0.3) is 31.3 Å². The average molecular weight is 455 g/mol. The third kappa shape index (κ3) is 2.56. The predicted molar refractivity (Wildman–Crippen MR) is 147 cm³/mol. The van der Waals surface area contributed by atoms with Gasteiger partial charge in [0.15, 0.2) is 8.07 Å². The Labute approximate surface area is 198 Å². The Bertz CT molecular complexity index is 1620. The topological polar surface area (TPSA) is 0 Å². The summed E-state index contributed by atoms with van der Waals surface area (Å²) >= 11 is 1.92. The van der Waals surface area contributed by atoms with E-state index in [2.05, 4.69) is 122 Å². The fraction of sp³-hybridized carbons (Fsp3) is 0.0323. The summed E-state index contributed by atoms with van der Waals surface area (Å²) in [6.45, 7) is 2.18. The van der Waals surface area contributed by atoms with Crippen molar-refractivity contribution in [2.45, 2.75) is 6.92 Å². The van der Waals surface area contributed by atoms with Crippen molar-refractivity contribution in [3.8, 4) is 11.1 Å². The molecule has 5 aromatic carbocycles. The SMILES string of the molecule is Cc1ccc2c(c1)sc1cc3c(cc12)[Si](c1ccccc1)(c1ccccc1)c1ccccc1-3. The molecular formula is C31H22SSi. The maximum atomic E-state index is 2.55. The van der Waals surface area contributed by atoms with Gasteiger partial charge in [0.1, 0.15) is 0 Å². The van der Waals surface area contributed by atoms with Gasteiger partial charge in [0.2, 0.25) is 0 Å². The van der Waals surface area contributed by atoms with Crippen molar-refractivity contribution in [2.24, 2.45) is 0 Å². The van der Waals surface area contributed by atoms with Crippen LogP contribution in [0.15, 0.2) is 115 Å². The maximum Gasteiger partial charge on any atom is 0.180 e. The first-order valence-corrected chi connectivity index (χ1v) is 14.3. The van der Waals surface area contributed by atoms with E-state index in [9.17, 15) is 0 Å². The monoisotopic (exact) mass is 454 g/mol. The molecule has 6 aromatic rings. The molecule has 0 unspecified atom stereocenters. The van der Waals surface area contributed by atoms with E-state index in [4.69, 9.17) is 0 Å². The minimum absolute atomic E-state index is 1.32. The molecule has 0 N–H and O–H groups in total. The van der Waals surface area contributed by atoms with Gasteiger partial charge < -0.3 is 0 Å². The molecule has 156 valence electrons. The van der Waals surface area contributed by atoms with Gasteiger partial charge in [-0.15, -0.1) is 11.3 Å². The summed E-state index contributed by atoms with van der Waals surface area (Å²) in [5.41, 5.74) is 4.15. The molecule has 2 heteroatoms. The second-order valence-electron chi connectivity index (χ2n) is 9.02. The third-order valence-corrected chi connectivity index (χ3v) is 13.2. The van der Waals surface area contributed by atoms with Gasteiger partial charge in [0, 0.05) is 20.2 Å². The molecule has 2 heterocycles. The summed E-state index contributed by atoms with van der Waals surface area (Å²) in [6.07, 6.45) is 0. The van der Waals surface area contributed by atoms with Crippen molar-refractivity contribution in [1.29, 1.82) is 0 Å². The van der Waals surface area contributed by atoms with Crippen molar-refractivity contribution >= 4 is 60.3 Å². The van der Waals surface area contributed by atoms with Crippen LogP contribution in [-0.2, 0) is 0 Å². The van der Waals surface area contributed by atoms with Gasteiger partial charge in [-0.1, -0.05) is 103 Å². The van der Waals surface area contributed by atoms with Crippen LogP contribution in [0, 0.1) is 6.92 Å². The van der Waals surface area contributed by atoms with Crippen molar-refractivity contribution in [3.05, 3.63) is 121 Å². The number of rotatable bonds is 2. The van der Waals surface area contributed by atoms with E-state index in [-0.39, 0.29) is 0 Å². The van der Waals surface area contributed by atoms with Crippen molar-refractivity contribution in [1.82, 2.24) is 0 Å². The molecule has 33 heavy (non-hydrogen) atoms. The smallest absolute Gasteiger partial charge is 0.135 e. The zero-order chi connectivity index (χ0) is 22.0. The van der Waals surface area contributed by atoms with Gasteiger partial charge >= 0.3 is 0 Å². The second-order valence-corrected chi connectivity index (χ2v) is 13.8. The Morgan fingerprint density at radius 1 is 0.515 bits per heavy atom. The van der Waals surface area contributed by atoms with Crippen molar-refractivity contribution in [2.75, 3.05) is 0 Å². The van der Waals surface area contributed by atoms with Gasteiger partial charge in [-0.25, -0.2) is 0 Å². The number of benzene rings is 5. The Balaban J connectivity index is 1.68. The van der Waals surface area contributed by atoms with Crippen LogP contribution in [0.1, 0.15) is 5.56 Å². The number of hydrogen-bond acceptors (Lipinski definition) is 1. The summed E-state index contributed by atoms with van der Waals surface area (Å²) in [6, 6.07) is 43.5. The normalized spacial score (nSPS) is 13.8. The van der Waals surface area contributed by atoms with Gasteiger partial charge in [-0.3, -0.25) is 0 Å². The number of hydrogen-bond donors (Lipinski definition) is 0. The molecule has 7 rings (SSSR count). The van der Waals surface area contributed by atoms with E-state index in [0.29, 0.717) is 0 Å². The van der Waals surface area contributed by atoms with Crippen molar-refractivity contribution < 1.29 is 0 Å². The molecule has 0 aliphatic carbocycles. The molecule has 0 radical (unpaired) electrons. The molecule has 0 amide bonds. The van der Waals surface area contributed by atoms with Gasteiger partial charge in [0.25, 0.3) is 0 Å². The lowest BCUT2D eigenvalue weighted by Crippen LogP contribution is -2.72. The highest BCUT2D eigenvalue weighted by atomic mass is 32.1.